The van der Waals surface area contributed by atoms with E-state index in [2.05, 4.69) is 20.8 Å². The lowest BCUT2D eigenvalue weighted by Gasteiger charge is -2.58. The van der Waals surface area contributed by atoms with Crippen molar-refractivity contribution >= 4 is 6.29 Å². The van der Waals surface area contributed by atoms with E-state index in [1.807, 2.05) is 0 Å². The van der Waals surface area contributed by atoms with Gasteiger partial charge in [-0.3, -0.25) is 0 Å². The molecule has 2 saturated carbocycles. The van der Waals surface area contributed by atoms with E-state index in [-0.39, 0.29) is 0 Å². The van der Waals surface area contributed by atoms with Crippen molar-refractivity contribution in [2.45, 2.75) is 40.0 Å². The predicted molar refractivity (Wildman–Crippen MR) is 53.3 cm³/mol. The summed E-state index contributed by atoms with van der Waals surface area (Å²) in [6, 6.07) is 0. The van der Waals surface area contributed by atoms with Gasteiger partial charge < -0.3 is 4.79 Å². The fourth-order valence-electron chi connectivity index (χ4n) is 3.79. The maximum atomic E-state index is 10.9. The molecule has 0 bridgehead atoms. The normalized spacial score (nSPS) is 47.6. The van der Waals surface area contributed by atoms with Gasteiger partial charge in [0.25, 0.3) is 0 Å². The molecule has 74 valence electrons. The Morgan fingerprint density at radius 2 is 2.08 bits per heavy atom. The Labute approximate surface area is 80.9 Å². The van der Waals surface area contributed by atoms with Gasteiger partial charge in [-0.25, -0.2) is 0 Å². The lowest BCUT2D eigenvalue weighted by atomic mass is 9.45. The molecule has 0 radical (unpaired) electrons. The Morgan fingerprint density at radius 3 is 2.69 bits per heavy atom. The van der Waals surface area contributed by atoms with Crippen LogP contribution in [0.1, 0.15) is 40.0 Å². The number of rotatable bonds is 1. The van der Waals surface area contributed by atoms with Crippen LogP contribution in [0.25, 0.3) is 0 Å². The zero-order valence-electron chi connectivity index (χ0n) is 8.92. The number of hydrogen-bond acceptors (Lipinski definition) is 1. The van der Waals surface area contributed by atoms with E-state index in [0.29, 0.717) is 23.2 Å². The summed E-state index contributed by atoms with van der Waals surface area (Å²) in [6.07, 6.45) is 5.24. The SMILES string of the molecule is CC1C(C=O)[C@@H]2C1CCCC2(C)C. The molecule has 0 saturated heterocycles. The Bertz CT molecular complexity index is 219. The zero-order chi connectivity index (χ0) is 9.64. The van der Waals surface area contributed by atoms with Crippen molar-refractivity contribution in [3.63, 3.8) is 0 Å². The number of aldehydes is 1. The van der Waals surface area contributed by atoms with Gasteiger partial charge in [-0.1, -0.05) is 27.2 Å². The topological polar surface area (TPSA) is 17.1 Å². The molecule has 0 aromatic heterocycles. The van der Waals surface area contributed by atoms with E-state index in [9.17, 15) is 4.79 Å². The van der Waals surface area contributed by atoms with E-state index < -0.39 is 0 Å². The second-order valence-corrected chi connectivity index (χ2v) is 5.64. The third-order valence-electron chi connectivity index (χ3n) is 4.58. The summed E-state index contributed by atoms with van der Waals surface area (Å²) in [7, 11) is 0. The summed E-state index contributed by atoms with van der Waals surface area (Å²) in [6.45, 7) is 6.93. The molecule has 0 N–H and O–H groups in total. The van der Waals surface area contributed by atoms with Crippen LogP contribution >= 0.6 is 0 Å². The van der Waals surface area contributed by atoms with Crippen LogP contribution in [-0.4, -0.2) is 6.29 Å². The smallest absolute Gasteiger partial charge is 0.123 e. The highest BCUT2D eigenvalue weighted by atomic mass is 16.1. The van der Waals surface area contributed by atoms with Crippen molar-refractivity contribution < 1.29 is 4.79 Å². The minimum absolute atomic E-state index is 0.361. The quantitative estimate of drug-likeness (QED) is 0.567. The summed E-state index contributed by atoms with van der Waals surface area (Å²) >= 11 is 0. The van der Waals surface area contributed by atoms with Crippen LogP contribution in [0, 0.1) is 29.1 Å². The van der Waals surface area contributed by atoms with Crippen LogP contribution < -0.4 is 0 Å². The molecule has 2 aliphatic carbocycles. The second kappa shape index (κ2) is 2.83. The monoisotopic (exact) mass is 180 g/mol. The summed E-state index contributed by atoms with van der Waals surface area (Å²) in [4.78, 5) is 10.9. The van der Waals surface area contributed by atoms with Crippen molar-refractivity contribution in [3.05, 3.63) is 0 Å². The summed E-state index contributed by atoms with van der Waals surface area (Å²) in [5.41, 5.74) is 0.418. The minimum Gasteiger partial charge on any atom is -0.303 e. The van der Waals surface area contributed by atoms with Gasteiger partial charge >= 0.3 is 0 Å². The van der Waals surface area contributed by atoms with Crippen LogP contribution in [0.15, 0.2) is 0 Å². The molecule has 0 aromatic rings. The first kappa shape index (κ1) is 9.23. The first-order valence-corrected chi connectivity index (χ1v) is 5.53. The van der Waals surface area contributed by atoms with E-state index in [1.54, 1.807) is 0 Å². The van der Waals surface area contributed by atoms with Gasteiger partial charge in [0.1, 0.15) is 6.29 Å². The van der Waals surface area contributed by atoms with Crippen LogP contribution in [0.4, 0.5) is 0 Å². The highest BCUT2D eigenvalue weighted by Crippen LogP contribution is 2.59. The molecule has 0 aliphatic heterocycles. The Morgan fingerprint density at radius 1 is 1.38 bits per heavy atom. The highest BCUT2D eigenvalue weighted by molar-refractivity contribution is 5.57. The third kappa shape index (κ3) is 1.16. The standard InChI is InChI=1S/C12H20O/c1-8-9-5-4-6-12(2,3)11(9)10(8)7-13/h7-11H,4-6H2,1-3H3/t8?,9?,10?,11-/m0/s1. The van der Waals surface area contributed by atoms with Crippen LogP contribution in [0.5, 0.6) is 0 Å². The average molecular weight is 180 g/mol. The fraction of sp³-hybridized carbons (Fsp3) is 0.917. The second-order valence-electron chi connectivity index (χ2n) is 5.64. The molecule has 2 fully saturated rings. The maximum Gasteiger partial charge on any atom is 0.123 e. The molecule has 3 unspecified atom stereocenters. The van der Waals surface area contributed by atoms with Gasteiger partial charge in [0.05, 0.1) is 0 Å². The zero-order valence-corrected chi connectivity index (χ0v) is 8.92. The third-order valence-corrected chi connectivity index (χ3v) is 4.58. The molecule has 0 amide bonds. The summed E-state index contributed by atoms with van der Waals surface area (Å²) in [5, 5.41) is 0. The lowest BCUT2D eigenvalue weighted by Crippen LogP contribution is -2.55. The van der Waals surface area contributed by atoms with Gasteiger partial charge in [0, 0.05) is 5.92 Å². The Balaban J connectivity index is 2.18. The van der Waals surface area contributed by atoms with Crippen molar-refractivity contribution in [2.75, 3.05) is 0 Å². The van der Waals surface area contributed by atoms with Crippen molar-refractivity contribution in [2.24, 2.45) is 29.1 Å². The van der Waals surface area contributed by atoms with Gasteiger partial charge in [-0.2, -0.15) is 0 Å². The maximum absolute atomic E-state index is 10.9. The molecule has 1 heteroatoms. The Kier molecular flexibility index (Phi) is 2.01. The first-order valence-electron chi connectivity index (χ1n) is 5.53. The molecule has 13 heavy (non-hydrogen) atoms. The van der Waals surface area contributed by atoms with Gasteiger partial charge in [0.15, 0.2) is 0 Å². The van der Waals surface area contributed by atoms with Crippen molar-refractivity contribution in [1.82, 2.24) is 0 Å². The highest BCUT2D eigenvalue weighted by Gasteiger charge is 2.55. The van der Waals surface area contributed by atoms with Crippen molar-refractivity contribution in [3.8, 4) is 0 Å². The van der Waals surface area contributed by atoms with E-state index in [0.717, 1.165) is 5.92 Å². The average Bonchev–Trinajstić information content (AvgIpc) is 2.06. The molecule has 0 heterocycles. The van der Waals surface area contributed by atoms with E-state index in [4.69, 9.17) is 0 Å². The van der Waals surface area contributed by atoms with Crippen LogP contribution in [0.2, 0.25) is 0 Å². The molecule has 0 aromatic carbocycles. The predicted octanol–water partition coefficient (Wildman–Crippen LogP) is 2.89. The molecule has 2 aliphatic rings. The fourth-order valence-corrected chi connectivity index (χ4v) is 3.79. The number of carbonyl (C=O) groups excluding carboxylic acids is 1. The summed E-state index contributed by atoms with van der Waals surface area (Å²) < 4.78 is 0. The number of fused-ring (bicyclic) bond motifs is 1. The van der Waals surface area contributed by atoms with Gasteiger partial charge in [0.2, 0.25) is 0 Å². The summed E-state index contributed by atoms with van der Waals surface area (Å²) in [5.74, 6) is 2.55. The molecule has 1 nitrogen and oxygen atoms in total. The largest absolute Gasteiger partial charge is 0.303 e. The van der Waals surface area contributed by atoms with Crippen LogP contribution in [0.3, 0.4) is 0 Å². The van der Waals surface area contributed by atoms with Gasteiger partial charge in [-0.15, -0.1) is 0 Å². The molecular formula is C12H20O. The Hall–Kier alpha value is -0.330. The van der Waals surface area contributed by atoms with Gasteiger partial charge in [-0.05, 0) is 36.0 Å². The molecule has 0 spiro atoms. The molecule has 4 atom stereocenters. The molecule has 2 rings (SSSR count). The van der Waals surface area contributed by atoms with Crippen molar-refractivity contribution in [1.29, 1.82) is 0 Å². The van der Waals surface area contributed by atoms with Crippen LogP contribution in [-0.2, 0) is 4.79 Å². The van der Waals surface area contributed by atoms with E-state index >= 15 is 0 Å². The number of carbonyl (C=O) groups is 1. The minimum atomic E-state index is 0.361. The number of hydrogen-bond donors (Lipinski definition) is 0. The first-order chi connectivity index (χ1) is 6.08. The molecular weight excluding hydrogens is 160 g/mol. The van der Waals surface area contributed by atoms with E-state index in [1.165, 1.54) is 25.5 Å². The lowest BCUT2D eigenvalue weighted by molar-refractivity contribution is -0.144.